The van der Waals surface area contributed by atoms with Crippen LogP contribution in [-0.2, 0) is 0 Å². The molecule has 2 N–H and O–H groups in total. The second-order valence-electron chi connectivity index (χ2n) is 3.86. The van der Waals surface area contributed by atoms with Crippen LogP contribution in [0, 0.1) is 5.92 Å². The van der Waals surface area contributed by atoms with Crippen molar-refractivity contribution >= 4 is 0 Å². The molecule has 0 aromatic carbocycles. The quantitative estimate of drug-likeness (QED) is 0.420. The van der Waals surface area contributed by atoms with Crippen LogP contribution in [0.2, 0.25) is 0 Å². The summed E-state index contributed by atoms with van der Waals surface area (Å²) in [5.74, 6) is 0.100. The maximum absolute atomic E-state index is 8.83. The van der Waals surface area contributed by atoms with Crippen LogP contribution >= 0.6 is 0 Å². The van der Waals surface area contributed by atoms with E-state index < -0.39 is 0 Å². The van der Waals surface area contributed by atoms with E-state index in [1.54, 1.807) is 0 Å². The van der Waals surface area contributed by atoms with Gasteiger partial charge < -0.3 is 10.2 Å². The van der Waals surface area contributed by atoms with Crippen molar-refractivity contribution in [3.05, 3.63) is 12.7 Å². The number of allylic oxidation sites excluding steroid dienone is 1. The average molecular weight is 200 g/mol. The molecule has 84 valence electrons. The minimum absolute atomic E-state index is 0.100. The van der Waals surface area contributed by atoms with E-state index in [9.17, 15) is 0 Å². The summed E-state index contributed by atoms with van der Waals surface area (Å²) in [6.07, 6.45) is 10.2. The molecule has 2 heteroatoms. The van der Waals surface area contributed by atoms with Crippen molar-refractivity contribution in [2.24, 2.45) is 5.92 Å². The minimum atomic E-state index is 0.100. The van der Waals surface area contributed by atoms with Crippen molar-refractivity contribution in [3.63, 3.8) is 0 Å². The molecule has 14 heavy (non-hydrogen) atoms. The fourth-order valence-electron chi connectivity index (χ4n) is 1.49. The Hall–Kier alpha value is -0.340. The molecule has 0 unspecified atom stereocenters. The zero-order chi connectivity index (χ0) is 10.6. The lowest BCUT2D eigenvalue weighted by molar-refractivity contribution is 0.141. The molecule has 0 saturated carbocycles. The van der Waals surface area contributed by atoms with E-state index in [1.165, 1.54) is 25.7 Å². The Morgan fingerprint density at radius 1 is 0.929 bits per heavy atom. The van der Waals surface area contributed by atoms with Crippen LogP contribution in [0.5, 0.6) is 0 Å². The topological polar surface area (TPSA) is 40.5 Å². The molecule has 0 aromatic rings. The highest BCUT2D eigenvalue weighted by atomic mass is 16.3. The summed E-state index contributed by atoms with van der Waals surface area (Å²) in [6, 6.07) is 0. The van der Waals surface area contributed by atoms with Crippen molar-refractivity contribution in [1.29, 1.82) is 0 Å². The number of aliphatic hydroxyl groups is 2. The molecule has 0 spiro atoms. The highest BCUT2D eigenvalue weighted by Crippen LogP contribution is 2.11. The largest absolute Gasteiger partial charge is 0.396 e. The molecule has 0 rings (SSSR count). The molecule has 0 fully saturated rings. The smallest absolute Gasteiger partial charge is 0.0481 e. The van der Waals surface area contributed by atoms with E-state index in [4.69, 9.17) is 10.2 Å². The molecular formula is C12H24O2. The second-order valence-corrected chi connectivity index (χ2v) is 3.86. The summed E-state index contributed by atoms with van der Waals surface area (Å²) >= 11 is 0. The van der Waals surface area contributed by atoms with Gasteiger partial charge >= 0.3 is 0 Å². The summed E-state index contributed by atoms with van der Waals surface area (Å²) in [7, 11) is 0. The summed E-state index contributed by atoms with van der Waals surface area (Å²) < 4.78 is 0. The molecular weight excluding hydrogens is 176 g/mol. The first-order chi connectivity index (χ1) is 6.85. The molecule has 0 radical (unpaired) electrons. The predicted molar refractivity (Wildman–Crippen MR) is 60.2 cm³/mol. The van der Waals surface area contributed by atoms with Gasteiger partial charge in [-0.2, -0.15) is 0 Å². The van der Waals surface area contributed by atoms with E-state index in [2.05, 4.69) is 6.58 Å². The lowest BCUT2D eigenvalue weighted by Crippen LogP contribution is -2.10. The van der Waals surface area contributed by atoms with Crippen LogP contribution < -0.4 is 0 Å². The molecule has 0 aliphatic carbocycles. The number of aliphatic hydroxyl groups excluding tert-OH is 2. The van der Waals surface area contributed by atoms with Crippen LogP contribution in [0.25, 0.3) is 0 Å². The third-order valence-electron chi connectivity index (χ3n) is 2.54. The molecule has 0 aliphatic rings. The summed E-state index contributed by atoms with van der Waals surface area (Å²) in [5, 5.41) is 17.7. The van der Waals surface area contributed by atoms with Crippen LogP contribution in [-0.4, -0.2) is 23.4 Å². The van der Waals surface area contributed by atoms with Crippen molar-refractivity contribution in [1.82, 2.24) is 0 Å². The molecule has 0 bridgehead atoms. The molecule has 0 amide bonds. The standard InChI is InChI=1S/C12H24O2/c1-2-3-4-5-6-7-8-9-12(10-13)11-14/h2,12-14H,1,3-11H2. The van der Waals surface area contributed by atoms with Gasteiger partial charge in [0.25, 0.3) is 0 Å². The Kier molecular flexibility index (Phi) is 10.5. The summed E-state index contributed by atoms with van der Waals surface area (Å²) in [6.45, 7) is 3.92. The normalized spacial score (nSPS) is 10.8. The third-order valence-corrected chi connectivity index (χ3v) is 2.54. The highest BCUT2D eigenvalue weighted by Gasteiger charge is 2.04. The van der Waals surface area contributed by atoms with E-state index in [1.807, 2.05) is 6.08 Å². The van der Waals surface area contributed by atoms with E-state index >= 15 is 0 Å². The van der Waals surface area contributed by atoms with Crippen LogP contribution in [0.1, 0.15) is 44.9 Å². The minimum Gasteiger partial charge on any atom is -0.396 e. The van der Waals surface area contributed by atoms with Crippen LogP contribution in [0.4, 0.5) is 0 Å². The maximum Gasteiger partial charge on any atom is 0.0481 e. The fourth-order valence-corrected chi connectivity index (χ4v) is 1.49. The van der Waals surface area contributed by atoms with Gasteiger partial charge in [0.15, 0.2) is 0 Å². The summed E-state index contributed by atoms with van der Waals surface area (Å²) in [4.78, 5) is 0. The first-order valence-electron chi connectivity index (χ1n) is 5.67. The van der Waals surface area contributed by atoms with Gasteiger partial charge in [-0.15, -0.1) is 6.58 Å². The molecule has 0 atom stereocenters. The third kappa shape index (κ3) is 8.27. The van der Waals surface area contributed by atoms with E-state index in [0.29, 0.717) is 0 Å². The van der Waals surface area contributed by atoms with Gasteiger partial charge in [0.2, 0.25) is 0 Å². The SMILES string of the molecule is C=CCCCCCCCC(CO)CO. The monoisotopic (exact) mass is 200 g/mol. The van der Waals surface area contributed by atoms with E-state index in [0.717, 1.165) is 19.3 Å². The number of unbranched alkanes of at least 4 members (excludes halogenated alkanes) is 5. The van der Waals surface area contributed by atoms with E-state index in [-0.39, 0.29) is 19.1 Å². The van der Waals surface area contributed by atoms with Crippen molar-refractivity contribution in [2.45, 2.75) is 44.9 Å². The zero-order valence-corrected chi connectivity index (χ0v) is 9.12. The fraction of sp³-hybridized carbons (Fsp3) is 0.833. The Morgan fingerprint density at radius 2 is 1.50 bits per heavy atom. The average Bonchev–Trinajstić information content (AvgIpc) is 2.22. The van der Waals surface area contributed by atoms with Crippen molar-refractivity contribution in [2.75, 3.05) is 13.2 Å². The molecule has 0 aromatic heterocycles. The summed E-state index contributed by atoms with van der Waals surface area (Å²) in [5.41, 5.74) is 0. The number of hydrogen-bond donors (Lipinski definition) is 2. The predicted octanol–water partition coefficient (Wildman–Crippen LogP) is 2.50. The van der Waals surface area contributed by atoms with Gasteiger partial charge in [0.05, 0.1) is 0 Å². The van der Waals surface area contributed by atoms with Gasteiger partial charge in [-0.1, -0.05) is 31.8 Å². The molecule has 2 nitrogen and oxygen atoms in total. The highest BCUT2D eigenvalue weighted by molar-refractivity contribution is 4.65. The Balaban J connectivity index is 3.08. The molecule has 0 saturated heterocycles. The lowest BCUT2D eigenvalue weighted by atomic mass is 10.0. The zero-order valence-electron chi connectivity index (χ0n) is 9.12. The Bertz CT molecular complexity index is 119. The van der Waals surface area contributed by atoms with Crippen LogP contribution in [0.3, 0.4) is 0 Å². The Morgan fingerprint density at radius 3 is 2.07 bits per heavy atom. The van der Waals surface area contributed by atoms with Gasteiger partial charge in [-0.3, -0.25) is 0 Å². The van der Waals surface area contributed by atoms with Gasteiger partial charge in [-0.25, -0.2) is 0 Å². The Labute approximate surface area is 87.7 Å². The maximum atomic E-state index is 8.83. The van der Waals surface area contributed by atoms with Crippen molar-refractivity contribution in [3.8, 4) is 0 Å². The molecule has 0 heterocycles. The van der Waals surface area contributed by atoms with Crippen molar-refractivity contribution < 1.29 is 10.2 Å². The lowest BCUT2D eigenvalue weighted by Gasteiger charge is -2.09. The first-order valence-corrected chi connectivity index (χ1v) is 5.67. The van der Waals surface area contributed by atoms with Gasteiger partial charge in [0.1, 0.15) is 0 Å². The first kappa shape index (κ1) is 13.7. The molecule has 0 aliphatic heterocycles. The number of rotatable bonds is 10. The van der Waals surface area contributed by atoms with Gasteiger partial charge in [0, 0.05) is 19.1 Å². The van der Waals surface area contributed by atoms with Gasteiger partial charge in [-0.05, 0) is 19.3 Å². The van der Waals surface area contributed by atoms with Crippen LogP contribution in [0.15, 0.2) is 12.7 Å². The second kappa shape index (κ2) is 10.7. The number of hydrogen-bond acceptors (Lipinski definition) is 2.